The van der Waals surface area contributed by atoms with Gasteiger partial charge in [-0.25, -0.2) is 4.39 Å². The molecule has 0 aliphatic rings. The Balaban J connectivity index is 3.23. The van der Waals surface area contributed by atoms with Crippen molar-refractivity contribution >= 4 is 0 Å². The minimum Gasteiger partial charge on any atom is -0.327 e. The lowest BCUT2D eigenvalue weighted by Crippen LogP contribution is -2.54. The van der Waals surface area contributed by atoms with Crippen LogP contribution in [0.15, 0.2) is 24.3 Å². The molecule has 0 aliphatic heterocycles. The molecule has 0 atom stereocenters. The van der Waals surface area contributed by atoms with E-state index < -0.39 is 11.4 Å². The van der Waals surface area contributed by atoms with E-state index in [0.717, 1.165) is 5.56 Å². The van der Waals surface area contributed by atoms with E-state index in [4.69, 9.17) is 14.2 Å². The van der Waals surface area contributed by atoms with Gasteiger partial charge in [0.15, 0.2) is 0 Å². The molecule has 3 nitrogen and oxygen atoms in total. The third-order valence-electron chi connectivity index (χ3n) is 3.33. The summed E-state index contributed by atoms with van der Waals surface area (Å²) in [7, 11) is 0. The van der Waals surface area contributed by atoms with Crippen LogP contribution in [0.3, 0.4) is 0 Å². The van der Waals surface area contributed by atoms with E-state index in [-0.39, 0.29) is 5.82 Å². The molecule has 0 saturated heterocycles. The molecule has 0 fully saturated rings. The molecule has 0 aliphatic carbocycles. The highest BCUT2D eigenvalue weighted by Gasteiger charge is 2.50. The van der Waals surface area contributed by atoms with E-state index in [9.17, 15) is 4.39 Å². The zero-order valence-corrected chi connectivity index (χ0v) is 13.0. The SMILES string of the molecule is CCOC(OCC)(OCC)C(C)(C)c1ccc(F)cc1. The molecule has 0 amide bonds. The Morgan fingerprint density at radius 3 is 1.60 bits per heavy atom. The first-order chi connectivity index (χ1) is 9.43. The first kappa shape index (κ1) is 17.1. The van der Waals surface area contributed by atoms with Gasteiger partial charge in [-0.05, 0) is 52.3 Å². The van der Waals surface area contributed by atoms with E-state index in [1.807, 2.05) is 34.6 Å². The molecule has 20 heavy (non-hydrogen) atoms. The molecular weight excluding hydrogens is 259 g/mol. The molecule has 0 spiro atoms. The van der Waals surface area contributed by atoms with Gasteiger partial charge in [-0.1, -0.05) is 12.1 Å². The van der Waals surface area contributed by atoms with Crippen molar-refractivity contribution in [2.24, 2.45) is 0 Å². The second-order valence-electron chi connectivity index (χ2n) is 4.99. The summed E-state index contributed by atoms with van der Waals surface area (Å²) in [5.41, 5.74) is 0.317. The van der Waals surface area contributed by atoms with Crippen molar-refractivity contribution in [3.8, 4) is 0 Å². The van der Waals surface area contributed by atoms with Crippen molar-refractivity contribution in [2.45, 2.75) is 46.0 Å². The molecule has 0 bridgehead atoms. The van der Waals surface area contributed by atoms with Crippen LogP contribution in [-0.4, -0.2) is 25.8 Å². The molecule has 0 radical (unpaired) electrons. The summed E-state index contributed by atoms with van der Waals surface area (Å²) in [6.07, 6.45) is 0. The molecule has 0 N–H and O–H groups in total. The van der Waals surface area contributed by atoms with Crippen LogP contribution in [-0.2, 0) is 19.6 Å². The van der Waals surface area contributed by atoms with Crippen LogP contribution in [0, 0.1) is 5.82 Å². The van der Waals surface area contributed by atoms with E-state index in [1.165, 1.54) is 12.1 Å². The molecular formula is C16H25FO3. The van der Waals surface area contributed by atoms with Crippen LogP contribution in [0.1, 0.15) is 40.2 Å². The summed E-state index contributed by atoms with van der Waals surface area (Å²) in [6, 6.07) is 6.35. The van der Waals surface area contributed by atoms with Crippen molar-refractivity contribution < 1.29 is 18.6 Å². The number of halogens is 1. The summed E-state index contributed by atoms with van der Waals surface area (Å²) in [5, 5.41) is 0. The van der Waals surface area contributed by atoms with Gasteiger partial charge in [-0.2, -0.15) is 0 Å². The zero-order chi connectivity index (χ0) is 15.2. The Morgan fingerprint density at radius 1 is 0.850 bits per heavy atom. The van der Waals surface area contributed by atoms with Gasteiger partial charge in [0.25, 0.3) is 5.97 Å². The lowest BCUT2D eigenvalue weighted by atomic mass is 9.81. The minimum absolute atomic E-state index is 0.264. The Bertz CT molecular complexity index is 384. The van der Waals surface area contributed by atoms with Gasteiger partial charge in [0.1, 0.15) is 5.82 Å². The lowest BCUT2D eigenvalue weighted by Gasteiger charge is -2.44. The number of rotatable bonds is 8. The van der Waals surface area contributed by atoms with E-state index in [2.05, 4.69) is 0 Å². The first-order valence-corrected chi connectivity index (χ1v) is 7.11. The third kappa shape index (κ3) is 3.37. The maximum absolute atomic E-state index is 13.1. The van der Waals surface area contributed by atoms with Gasteiger partial charge in [0, 0.05) is 19.8 Å². The van der Waals surface area contributed by atoms with Gasteiger partial charge in [-0.15, -0.1) is 0 Å². The molecule has 4 heteroatoms. The number of ether oxygens (including phenoxy) is 3. The fraction of sp³-hybridized carbons (Fsp3) is 0.625. The standard InChI is InChI=1S/C16H25FO3/c1-6-18-16(19-7-2,20-8-3)15(4,5)13-9-11-14(17)12-10-13/h9-12H,6-8H2,1-5H3. The number of hydrogen-bond acceptors (Lipinski definition) is 3. The number of benzene rings is 1. The molecule has 114 valence electrons. The Kier molecular flexibility index (Phi) is 6.11. The molecule has 1 aromatic carbocycles. The minimum atomic E-state index is -1.18. The van der Waals surface area contributed by atoms with Crippen molar-refractivity contribution in [3.63, 3.8) is 0 Å². The maximum atomic E-state index is 13.1. The Labute approximate surface area is 121 Å². The fourth-order valence-corrected chi connectivity index (χ4v) is 2.28. The van der Waals surface area contributed by atoms with Crippen molar-refractivity contribution in [3.05, 3.63) is 35.6 Å². The largest absolute Gasteiger partial charge is 0.327 e. The molecule has 0 aromatic heterocycles. The summed E-state index contributed by atoms with van der Waals surface area (Å²) < 4.78 is 30.6. The van der Waals surface area contributed by atoms with Crippen molar-refractivity contribution in [1.29, 1.82) is 0 Å². The smallest absolute Gasteiger partial charge is 0.292 e. The van der Waals surface area contributed by atoms with Crippen molar-refractivity contribution in [1.82, 2.24) is 0 Å². The van der Waals surface area contributed by atoms with Gasteiger partial charge in [-0.3, -0.25) is 0 Å². The third-order valence-corrected chi connectivity index (χ3v) is 3.33. The molecule has 1 aromatic rings. The highest BCUT2D eigenvalue weighted by molar-refractivity contribution is 5.26. The molecule has 0 saturated carbocycles. The quantitative estimate of drug-likeness (QED) is 0.678. The van der Waals surface area contributed by atoms with Gasteiger partial charge >= 0.3 is 0 Å². The topological polar surface area (TPSA) is 27.7 Å². The van der Waals surface area contributed by atoms with Crippen LogP contribution >= 0.6 is 0 Å². The van der Waals surface area contributed by atoms with Crippen LogP contribution in [0.5, 0.6) is 0 Å². The predicted octanol–water partition coefficient (Wildman–Crippen LogP) is 3.87. The fourth-order valence-electron chi connectivity index (χ4n) is 2.28. The highest BCUT2D eigenvalue weighted by atomic mass is 19.1. The Morgan fingerprint density at radius 2 is 1.25 bits per heavy atom. The normalized spacial score (nSPS) is 12.7. The monoisotopic (exact) mass is 284 g/mol. The van der Waals surface area contributed by atoms with Gasteiger partial charge in [0.05, 0.1) is 5.41 Å². The van der Waals surface area contributed by atoms with Crippen LogP contribution in [0.4, 0.5) is 4.39 Å². The van der Waals surface area contributed by atoms with Crippen molar-refractivity contribution in [2.75, 3.05) is 19.8 Å². The zero-order valence-electron chi connectivity index (χ0n) is 13.0. The van der Waals surface area contributed by atoms with Crippen LogP contribution in [0.2, 0.25) is 0 Å². The summed E-state index contributed by atoms with van der Waals surface area (Å²) >= 11 is 0. The summed E-state index contributed by atoms with van der Waals surface area (Å²) in [6.45, 7) is 11.0. The summed E-state index contributed by atoms with van der Waals surface area (Å²) in [5.74, 6) is -1.44. The van der Waals surface area contributed by atoms with E-state index >= 15 is 0 Å². The molecule has 0 unspecified atom stereocenters. The van der Waals surface area contributed by atoms with E-state index in [0.29, 0.717) is 19.8 Å². The Hall–Kier alpha value is -0.970. The maximum Gasteiger partial charge on any atom is 0.292 e. The highest BCUT2D eigenvalue weighted by Crippen LogP contribution is 2.40. The van der Waals surface area contributed by atoms with Crippen LogP contribution in [0.25, 0.3) is 0 Å². The second-order valence-corrected chi connectivity index (χ2v) is 4.99. The predicted molar refractivity (Wildman–Crippen MR) is 77.0 cm³/mol. The lowest BCUT2D eigenvalue weighted by molar-refractivity contribution is -0.405. The van der Waals surface area contributed by atoms with Gasteiger partial charge < -0.3 is 14.2 Å². The van der Waals surface area contributed by atoms with E-state index in [1.54, 1.807) is 12.1 Å². The second kappa shape index (κ2) is 7.16. The average Bonchev–Trinajstić information content (AvgIpc) is 2.40. The average molecular weight is 284 g/mol. The first-order valence-electron chi connectivity index (χ1n) is 7.11. The number of hydrogen-bond donors (Lipinski definition) is 0. The molecule has 1 rings (SSSR count). The van der Waals surface area contributed by atoms with Gasteiger partial charge in [0.2, 0.25) is 0 Å². The van der Waals surface area contributed by atoms with Crippen LogP contribution < -0.4 is 0 Å². The molecule has 0 heterocycles. The summed E-state index contributed by atoms with van der Waals surface area (Å²) in [4.78, 5) is 0.